The van der Waals surface area contributed by atoms with Crippen LogP contribution in [0.5, 0.6) is 0 Å². The normalized spacial score (nSPS) is 11.9. The summed E-state index contributed by atoms with van der Waals surface area (Å²) >= 11 is 0. The van der Waals surface area contributed by atoms with Crippen molar-refractivity contribution >= 4 is 17.8 Å². The Morgan fingerprint density at radius 3 is 2.36 bits per heavy atom. The first-order chi connectivity index (χ1) is 10.2. The average Bonchev–Trinajstić information content (AvgIpc) is 2.66. The van der Waals surface area contributed by atoms with E-state index in [0.717, 1.165) is 0 Å². The number of nitrogens with one attached hydrogen (secondary N) is 1. The standard InChI is InChI=1S/C14H22N4O4/c1-8-12(9(2)17(5)16-8)13(20)18(10(3)14(21)22)7-6-15-11(4)19/h10H,6-7H2,1-5H3,(H,15,19)(H,21,22). The molecule has 2 amide bonds. The molecule has 0 aliphatic heterocycles. The summed E-state index contributed by atoms with van der Waals surface area (Å²) in [5, 5.41) is 15.9. The highest BCUT2D eigenvalue weighted by molar-refractivity contribution is 5.98. The molecule has 8 heteroatoms. The second-order valence-corrected chi connectivity index (χ2v) is 5.17. The first kappa shape index (κ1) is 17.7. The summed E-state index contributed by atoms with van der Waals surface area (Å²) in [5.74, 6) is -1.73. The van der Waals surface area contributed by atoms with Gasteiger partial charge in [-0.2, -0.15) is 5.10 Å². The Hall–Kier alpha value is -2.38. The van der Waals surface area contributed by atoms with Gasteiger partial charge < -0.3 is 15.3 Å². The van der Waals surface area contributed by atoms with Gasteiger partial charge in [0.1, 0.15) is 6.04 Å². The summed E-state index contributed by atoms with van der Waals surface area (Å²) in [6, 6.07) is -1.000. The van der Waals surface area contributed by atoms with Crippen molar-refractivity contribution < 1.29 is 19.5 Å². The third-order valence-electron chi connectivity index (χ3n) is 3.54. The van der Waals surface area contributed by atoms with Gasteiger partial charge in [-0.1, -0.05) is 0 Å². The van der Waals surface area contributed by atoms with Crippen LogP contribution in [0.1, 0.15) is 35.6 Å². The smallest absolute Gasteiger partial charge is 0.326 e. The molecule has 1 atom stereocenters. The Balaban J connectivity index is 3.06. The van der Waals surface area contributed by atoms with Gasteiger partial charge in [-0.05, 0) is 20.8 Å². The highest BCUT2D eigenvalue weighted by atomic mass is 16.4. The predicted octanol–water partition coefficient (Wildman–Crippen LogP) is 0.0883. The zero-order valence-electron chi connectivity index (χ0n) is 13.5. The monoisotopic (exact) mass is 310 g/mol. The van der Waals surface area contributed by atoms with E-state index < -0.39 is 17.9 Å². The largest absolute Gasteiger partial charge is 0.480 e. The molecule has 1 heterocycles. The van der Waals surface area contributed by atoms with Crippen LogP contribution < -0.4 is 5.32 Å². The van der Waals surface area contributed by atoms with Crippen LogP contribution in [0, 0.1) is 13.8 Å². The Bertz CT molecular complexity index is 594. The minimum Gasteiger partial charge on any atom is -0.480 e. The molecule has 1 rings (SSSR count). The number of rotatable bonds is 6. The van der Waals surface area contributed by atoms with Gasteiger partial charge >= 0.3 is 5.97 Å². The highest BCUT2D eigenvalue weighted by Gasteiger charge is 2.29. The Morgan fingerprint density at radius 2 is 1.95 bits per heavy atom. The van der Waals surface area contributed by atoms with Crippen molar-refractivity contribution in [3.05, 3.63) is 17.0 Å². The molecule has 1 aromatic heterocycles. The number of aromatic nitrogens is 2. The lowest BCUT2D eigenvalue weighted by molar-refractivity contribution is -0.141. The molecule has 0 fully saturated rings. The van der Waals surface area contributed by atoms with E-state index in [1.165, 1.54) is 18.7 Å². The van der Waals surface area contributed by atoms with E-state index in [9.17, 15) is 19.5 Å². The quantitative estimate of drug-likeness (QED) is 0.775. The summed E-state index contributed by atoms with van der Waals surface area (Å²) in [6.45, 7) is 6.57. The SMILES string of the molecule is CC(=O)NCCN(C(=O)c1c(C)nn(C)c1C)C(C)C(=O)O. The van der Waals surface area contributed by atoms with Crippen molar-refractivity contribution in [2.24, 2.45) is 7.05 Å². The lowest BCUT2D eigenvalue weighted by Gasteiger charge is -2.26. The molecule has 0 radical (unpaired) electrons. The summed E-state index contributed by atoms with van der Waals surface area (Å²) in [5.41, 5.74) is 1.62. The second-order valence-electron chi connectivity index (χ2n) is 5.17. The first-order valence-corrected chi connectivity index (χ1v) is 6.95. The van der Waals surface area contributed by atoms with Crippen molar-refractivity contribution in [1.82, 2.24) is 20.0 Å². The lowest BCUT2D eigenvalue weighted by Crippen LogP contribution is -2.47. The molecule has 0 saturated heterocycles. The molecule has 0 aliphatic rings. The molecular formula is C14H22N4O4. The number of hydrogen-bond donors (Lipinski definition) is 2. The number of carbonyl (C=O) groups is 3. The van der Waals surface area contributed by atoms with Crippen LogP contribution in [0.25, 0.3) is 0 Å². The maximum atomic E-state index is 12.7. The fraction of sp³-hybridized carbons (Fsp3) is 0.571. The number of carbonyl (C=O) groups excluding carboxylic acids is 2. The number of carboxylic acids is 1. The van der Waals surface area contributed by atoms with E-state index in [1.54, 1.807) is 25.6 Å². The first-order valence-electron chi connectivity index (χ1n) is 6.95. The predicted molar refractivity (Wildman–Crippen MR) is 79.5 cm³/mol. The van der Waals surface area contributed by atoms with E-state index in [4.69, 9.17) is 0 Å². The molecule has 0 bridgehead atoms. The number of amides is 2. The number of nitrogens with zero attached hydrogens (tertiary/aromatic N) is 3. The molecule has 122 valence electrons. The van der Waals surface area contributed by atoms with Crippen molar-refractivity contribution in [3.8, 4) is 0 Å². The number of aliphatic carboxylic acids is 1. The summed E-state index contributed by atoms with van der Waals surface area (Å²) in [7, 11) is 1.72. The van der Waals surface area contributed by atoms with Crippen LogP contribution in [0.2, 0.25) is 0 Å². The molecule has 2 N–H and O–H groups in total. The van der Waals surface area contributed by atoms with Crippen LogP contribution in [0.15, 0.2) is 0 Å². The molecule has 0 saturated carbocycles. The second kappa shape index (κ2) is 7.06. The summed E-state index contributed by atoms with van der Waals surface area (Å²) < 4.78 is 1.58. The number of hydrogen-bond acceptors (Lipinski definition) is 4. The number of aryl methyl sites for hydroxylation is 2. The fourth-order valence-corrected chi connectivity index (χ4v) is 2.18. The van der Waals surface area contributed by atoms with Crippen LogP contribution in [0.4, 0.5) is 0 Å². The molecular weight excluding hydrogens is 288 g/mol. The van der Waals surface area contributed by atoms with Crippen LogP contribution in [0.3, 0.4) is 0 Å². The van der Waals surface area contributed by atoms with E-state index in [-0.39, 0.29) is 19.0 Å². The van der Waals surface area contributed by atoms with Crippen LogP contribution in [-0.2, 0) is 16.6 Å². The van der Waals surface area contributed by atoms with Crippen LogP contribution in [-0.4, -0.2) is 56.7 Å². The Morgan fingerprint density at radius 1 is 1.36 bits per heavy atom. The van der Waals surface area contributed by atoms with Gasteiger partial charge in [0.15, 0.2) is 0 Å². The minimum atomic E-state index is -1.10. The van der Waals surface area contributed by atoms with E-state index in [0.29, 0.717) is 17.0 Å². The zero-order valence-corrected chi connectivity index (χ0v) is 13.5. The molecule has 0 aliphatic carbocycles. The van der Waals surface area contributed by atoms with Gasteiger partial charge in [-0.3, -0.25) is 14.3 Å². The summed E-state index contributed by atoms with van der Waals surface area (Å²) in [6.07, 6.45) is 0. The van der Waals surface area contributed by atoms with Crippen molar-refractivity contribution in [3.63, 3.8) is 0 Å². The van der Waals surface area contributed by atoms with E-state index in [2.05, 4.69) is 10.4 Å². The van der Waals surface area contributed by atoms with E-state index in [1.807, 2.05) is 0 Å². The zero-order chi connectivity index (χ0) is 17.0. The molecule has 8 nitrogen and oxygen atoms in total. The highest BCUT2D eigenvalue weighted by Crippen LogP contribution is 2.16. The third kappa shape index (κ3) is 3.84. The van der Waals surface area contributed by atoms with Gasteiger partial charge in [-0.15, -0.1) is 0 Å². The van der Waals surface area contributed by atoms with Crippen molar-refractivity contribution in [2.45, 2.75) is 33.7 Å². The van der Waals surface area contributed by atoms with E-state index >= 15 is 0 Å². The Labute approximate surface area is 129 Å². The molecule has 1 aromatic rings. The topological polar surface area (TPSA) is 105 Å². The van der Waals surface area contributed by atoms with Gasteiger partial charge in [0.2, 0.25) is 5.91 Å². The average molecular weight is 310 g/mol. The van der Waals surface area contributed by atoms with Gasteiger partial charge in [0.25, 0.3) is 5.91 Å². The lowest BCUT2D eigenvalue weighted by atomic mass is 10.1. The Kier molecular flexibility index (Phi) is 5.67. The van der Waals surface area contributed by atoms with Gasteiger partial charge in [0, 0.05) is 32.8 Å². The summed E-state index contributed by atoms with van der Waals surface area (Å²) in [4.78, 5) is 36.1. The molecule has 0 spiro atoms. The molecule has 1 unspecified atom stereocenters. The fourth-order valence-electron chi connectivity index (χ4n) is 2.18. The third-order valence-corrected chi connectivity index (χ3v) is 3.54. The van der Waals surface area contributed by atoms with Crippen molar-refractivity contribution in [1.29, 1.82) is 0 Å². The number of carboxylic acid groups (broad SMARTS) is 1. The molecule has 0 aromatic carbocycles. The minimum absolute atomic E-state index is 0.111. The van der Waals surface area contributed by atoms with Gasteiger partial charge in [-0.25, -0.2) is 4.79 Å². The molecule has 22 heavy (non-hydrogen) atoms. The maximum Gasteiger partial charge on any atom is 0.326 e. The maximum absolute atomic E-state index is 12.7. The van der Waals surface area contributed by atoms with Gasteiger partial charge in [0.05, 0.1) is 11.3 Å². The van der Waals surface area contributed by atoms with Crippen LogP contribution >= 0.6 is 0 Å². The van der Waals surface area contributed by atoms with Crippen molar-refractivity contribution in [2.75, 3.05) is 13.1 Å².